The zero-order valence-electron chi connectivity index (χ0n) is 26.6. The van der Waals surface area contributed by atoms with Crippen LogP contribution in [-0.4, -0.2) is 74.5 Å². The van der Waals surface area contributed by atoms with Crippen LogP contribution in [0.4, 0.5) is 14.6 Å². The third-order valence-electron chi connectivity index (χ3n) is 10.1. The summed E-state index contributed by atoms with van der Waals surface area (Å²) in [6.45, 7) is 9.82. The van der Waals surface area contributed by atoms with Gasteiger partial charge in [0.05, 0.1) is 17.1 Å². The molecule has 3 saturated heterocycles. The zero-order valence-corrected chi connectivity index (χ0v) is 27.4. The molecule has 3 fully saturated rings. The van der Waals surface area contributed by atoms with Gasteiger partial charge in [-0.15, -0.1) is 0 Å². The minimum atomic E-state index is -0.518. The van der Waals surface area contributed by atoms with Crippen LogP contribution in [-0.2, 0) is 12.8 Å². The molecule has 5 aliphatic rings. The number of alkyl halides is 1. The van der Waals surface area contributed by atoms with Gasteiger partial charge < -0.3 is 10.2 Å². The molecule has 0 spiro atoms. The number of anilines is 1. The normalized spacial score (nSPS) is 23.7. The van der Waals surface area contributed by atoms with Crippen molar-refractivity contribution in [2.75, 3.05) is 31.1 Å². The van der Waals surface area contributed by atoms with Gasteiger partial charge in [0.2, 0.25) is 0 Å². The molecule has 4 aromatic rings. The van der Waals surface area contributed by atoms with Crippen molar-refractivity contribution in [3.63, 3.8) is 0 Å². The Hall–Kier alpha value is -3.37. The molecule has 0 saturated carbocycles. The lowest BCUT2D eigenvalue weighted by Crippen LogP contribution is -2.39. The fraction of sp³-hybridized carbons (Fsp3) is 0.543. The van der Waals surface area contributed by atoms with E-state index in [1.54, 1.807) is 12.4 Å². The highest BCUT2D eigenvalue weighted by atomic mass is 35.5. The Morgan fingerprint density at radius 1 is 1.02 bits per heavy atom. The Bertz CT molecular complexity index is 1730. The lowest BCUT2D eigenvalue weighted by Gasteiger charge is -2.28. The molecule has 3 atom stereocenters. The molecule has 244 valence electrons. The number of benzene rings is 1. The number of nitrogens with one attached hydrogen (secondary N) is 2. The fourth-order valence-electron chi connectivity index (χ4n) is 7.76. The molecule has 46 heavy (non-hydrogen) atoms. The van der Waals surface area contributed by atoms with Gasteiger partial charge in [-0.05, 0) is 82.4 Å². The molecule has 1 aromatic carbocycles. The molecule has 8 heterocycles. The van der Waals surface area contributed by atoms with Gasteiger partial charge in [0.15, 0.2) is 5.82 Å². The Balaban J connectivity index is 0.000000321. The van der Waals surface area contributed by atoms with E-state index in [0.29, 0.717) is 52.7 Å². The number of hydrogen-bond acceptors (Lipinski definition) is 7. The second kappa shape index (κ2) is 13.4. The van der Waals surface area contributed by atoms with E-state index in [2.05, 4.69) is 36.9 Å². The minimum Gasteiger partial charge on any atom is -0.384 e. The van der Waals surface area contributed by atoms with Gasteiger partial charge in [-0.25, -0.2) is 18.7 Å². The van der Waals surface area contributed by atoms with E-state index >= 15 is 4.39 Å². The maximum Gasteiger partial charge on any atom is 0.175 e. The molecule has 3 aromatic heterocycles. The SMILES string of the molecule is C=C1CCCCc2c(Cl)cc3[nH]ncc3c2-c2ncc3c(nc(CC)nc3c2F)N2CCCCC(C2)N1.FC1CC2CCCN2C1. The number of aromatic nitrogens is 5. The molecule has 9 rings (SSSR count). The summed E-state index contributed by atoms with van der Waals surface area (Å²) in [5.41, 5.74) is 3.95. The number of halogens is 3. The summed E-state index contributed by atoms with van der Waals surface area (Å²) in [7, 11) is 0. The van der Waals surface area contributed by atoms with Crippen molar-refractivity contribution in [3.8, 4) is 11.3 Å². The van der Waals surface area contributed by atoms with Crippen molar-refractivity contribution in [2.45, 2.75) is 95.8 Å². The van der Waals surface area contributed by atoms with Crippen molar-refractivity contribution < 1.29 is 8.78 Å². The maximum atomic E-state index is 16.5. The molecule has 0 radical (unpaired) electrons. The lowest BCUT2D eigenvalue weighted by atomic mass is 9.94. The Morgan fingerprint density at radius 2 is 1.89 bits per heavy atom. The molecule has 6 bridgehead atoms. The largest absolute Gasteiger partial charge is 0.384 e. The Morgan fingerprint density at radius 3 is 2.74 bits per heavy atom. The number of pyridine rings is 1. The highest BCUT2D eigenvalue weighted by Crippen LogP contribution is 2.40. The summed E-state index contributed by atoms with van der Waals surface area (Å²) in [4.78, 5) is 18.8. The number of aryl methyl sites for hydroxylation is 1. The number of fused-ring (bicyclic) bond motifs is 8. The number of hydrogen-bond donors (Lipinski definition) is 2. The molecular weight excluding hydrogens is 606 g/mol. The van der Waals surface area contributed by atoms with Gasteiger partial charge in [-0.1, -0.05) is 25.1 Å². The van der Waals surface area contributed by atoms with Crippen LogP contribution in [0.3, 0.4) is 0 Å². The summed E-state index contributed by atoms with van der Waals surface area (Å²) in [6, 6.07) is 2.74. The van der Waals surface area contributed by atoms with Crippen LogP contribution in [0.1, 0.15) is 76.1 Å². The Labute approximate surface area is 274 Å². The van der Waals surface area contributed by atoms with Crippen LogP contribution >= 0.6 is 11.6 Å². The third kappa shape index (κ3) is 6.18. The number of rotatable bonds is 1. The van der Waals surface area contributed by atoms with E-state index in [1.807, 2.05) is 13.0 Å². The van der Waals surface area contributed by atoms with Crippen LogP contribution in [0.25, 0.3) is 33.1 Å². The first-order chi connectivity index (χ1) is 22.4. The first kappa shape index (κ1) is 31.2. The molecule has 0 aliphatic carbocycles. The molecule has 11 heteroatoms. The van der Waals surface area contributed by atoms with Crippen molar-refractivity contribution in [3.05, 3.63) is 53.0 Å². The van der Waals surface area contributed by atoms with Gasteiger partial charge in [0.1, 0.15) is 29.0 Å². The molecular formula is C35H43ClF2N8. The van der Waals surface area contributed by atoms with Gasteiger partial charge in [0, 0.05) is 66.0 Å². The van der Waals surface area contributed by atoms with Gasteiger partial charge in [-0.2, -0.15) is 5.10 Å². The van der Waals surface area contributed by atoms with E-state index < -0.39 is 12.0 Å². The molecule has 3 unspecified atom stereocenters. The van der Waals surface area contributed by atoms with E-state index in [0.717, 1.165) is 92.6 Å². The smallest absolute Gasteiger partial charge is 0.175 e. The highest BCUT2D eigenvalue weighted by Gasteiger charge is 2.34. The minimum absolute atomic E-state index is 0.259. The van der Waals surface area contributed by atoms with Crippen LogP contribution in [0.2, 0.25) is 5.02 Å². The van der Waals surface area contributed by atoms with Gasteiger partial charge in [0.25, 0.3) is 0 Å². The van der Waals surface area contributed by atoms with Crippen molar-refractivity contribution in [1.82, 2.24) is 35.4 Å². The molecule has 8 nitrogen and oxygen atoms in total. The van der Waals surface area contributed by atoms with Crippen LogP contribution in [0.5, 0.6) is 0 Å². The van der Waals surface area contributed by atoms with Crippen LogP contribution in [0.15, 0.2) is 30.7 Å². The number of allylic oxidation sites excluding steroid dienone is 1. The average molecular weight is 649 g/mol. The fourth-order valence-corrected chi connectivity index (χ4v) is 8.05. The summed E-state index contributed by atoms with van der Waals surface area (Å²) in [5.74, 6) is 0.940. The number of H-pyrrole nitrogens is 1. The summed E-state index contributed by atoms with van der Waals surface area (Å²) in [5, 5.41) is 12.9. The van der Waals surface area contributed by atoms with E-state index in [-0.39, 0.29) is 11.7 Å². The Kier molecular flexibility index (Phi) is 9.10. The maximum absolute atomic E-state index is 16.5. The molecule has 5 aliphatic heterocycles. The topological polar surface area (TPSA) is 85.9 Å². The van der Waals surface area contributed by atoms with Gasteiger partial charge >= 0.3 is 0 Å². The van der Waals surface area contributed by atoms with Crippen molar-refractivity contribution >= 4 is 39.2 Å². The van der Waals surface area contributed by atoms with Crippen LogP contribution in [0, 0.1) is 5.82 Å². The summed E-state index contributed by atoms with van der Waals surface area (Å²) >= 11 is 6.78. The predicted molar refractivity (Wildman–Crippen MR) is 181 cm³/mol. The third-order valence-corrected chi connectivity index (χ3v) is 10.4. The van der Waals surface area contributed by atoms with Crippen molar-refractivity contribution in [1.29, 1.82) is 0 Å². The van der Waals surface area contributed by atoms with Crippen molar-refractivity contribution in [2.24, 2.45) is 0 Å². The number of aromatic amines is 1. The zero-order chi connectivity index (χ0) is 31.8. The average Bonchev–Trinajstić information content (AvgIpc) is 3.72. The first-order valence-electron chi connectivity index (χ1n) is 17.0. The monoisotopic (exact) mass is 648 g/mol. The van der Waals surface area contributed by atoms with E-state index in [9.17, 15) is 4.39 Å². The van der Waals surface area contributed by atoms with E-state index in [1.165, 1.54) is 12.8 Å². The molecule has 2 N–H and O–H groups in total. The number of nitrogens with zero attached hydrogens (tertiary/aromatic N) is 6. The standard InChI is InChI=1S/C28H31ClFN7.C7H12FN/c1-3-23-34-26-20-13-31-27(25(26)30)24-18(21(29)12-22-19(24)14-32-36-22)10-5-4-8-16(2)33-17-9-6-7-11-37(15-17)28(20)35-23;8-6-4-7-2-1-3-9(7)5-6/h12-14,17,33H,2-11,15H2,1H3,(H,32,36);6-7H,1-5H2. The van der Waals surface area contributed by atoms with E-state index in [4.69, 9.17) is 21.6 Å². The summed E-state index contributed by atoms with van der Waals surface area (Å²) < 4.78 is 29.1. The van der Waals surface area contributed by atoms with Gasteiger partial charge in [-0.3, -0.25) is 15.0 Å². The summed E-state index contributed by atoms with van der Waals surface area (Å²) in [6.07, 6.45) is 13.6. The van der Waals surface area contributed by atoms with Crippen LogP contribution < -0.4 is 10.2 Å². The predicted octanol–water partition coefficient (Wildman–Crippen LogP) is 7.30. The molecule has 0 amide bonds. The first-order valence-corrected chi connectivity index (χ1v) is 17.3. The lowest BCUT2D eigenvalue weighted by molar-refractivity contribution is 0.292. The second-order valence-electron chi connectivity index (χ2n) is 13.3. The second-order valence-corrected chi connectivity index (χ2v) is 13.7. The quantitative estimate of drug-likeness (QED) is 0.224. The highest BCUT2D eigenvalue weighted by molar-refractivity contribution is 6.33.